The van der Waals surface area contributed by atoms with Crippen LogP contribution in [0.5, 0.6) is 0 Å². The Hall–Kier alpha value is -1.47. The van der Waals surface area contributed by atoms with Gasteiger partial charge >= 0.3 is 0 Å². The first-order chi connectivity index (χ1) is 8.97. The molecule has 1 aromatic heterocycles. The van der Waals surface area contributed by atoms with Crippen molar-refractivity contribution in [1.29, 1.82) is 0 Å². The summed E-state index contributed by atoms with van der Waals surface area (Å²) in [5, 5.41) is 4.69. The van der Waals surface area contributed by atoms with Gasteiger partial charge < -0.3 is 15.0 Å². The van der Waals surface area contributed by atoms with Crippen LogP contribution in [0.1, 0.15) is 31.3 Å². The first-order valence-electron chi connectivity index (χ1n) is 6.13. The average molecular weight is 283 g/mol. The smallest absolute Gasteiger partial charge is 0.273 e. The number of morpholine rings is 1. The topological polar surface area (TPSA) is 71.5 Å². The van der Waals surface area contributed by atoms with Crippen molar-refractivity contribution >= 4 is 28.3 Å². The van der Waals surface area contributed by atoms with Crippen LogP contribution in [0.15, 0.2) is 5.38 Å². The Labute approximate surface area is 115 Å². The zero-order valence-electron chi connectivity index (χ0n) is 11.2. The zero-order chi connectivity index (χ0) is 14.0. The number of carbonyl (C=O) groups is 2. The van der Waals surface area contributed by atoms with E-state index in [4.69, 9.17) is 4.74 Å². The molecule has 19 heavy (non-hydrogen) atoms. The van der Waals surface area contributed by atoms with Crippen LogP contribution in [-0.4, -0.2) is 47.0 Å². The third-order valence-corrected chi connectivity index (χ3v) is 3.63. The fourth-order valence-corrected chi connectivity index (χ4v) is 2.64. The molecule has 0 aromatic carbocycles. The molecule has 2 rings (SSSR count). The number of rotatable bonds is 2. The van der Waals surface area contributed by atoms with Gasteiger partial charge in [-0.15, -0.1) is 11.3 Å². The minimum absolute atomic E-state index is 0.0357. The lowest BCUT2D eigenvalue weighted by molar-refractivity contribution is -0.114. The van der Waals surface area contributed by atoms with Crippen LogP contribution in [0.4, 0.5) is 5.13 Å². The van der Waals surface area contributed by atoms with Gasteiger partial charge in [-0.3, -0.25) is 9.59 Å². The molecule has 1 aromatic rings. The molecule has 2 heterocycles. The van der Waals surface area contributed by atoms with Crippen molar-refractivity contribution < 1.29 is 14.3 Å². The molecule has 0 saturated carbocycles. The molecule has 7 heteroatoms. The van der Waals surface area contributed by atoms with Gasteiger partial charge in [-0.1, -0.05) is 0 Å². The predicted octanol–water partition coefficient (Wildman–Crippen LogP) is 1.35. The molecule has 104 valence electrons. The molecule has 0 spiro atoms. The maximum atomic E-state index is 12.4. The van der Waals surface area contributed by atoms with Crippen molar-refractivity contribution in [2.75, 3.05) is 18.5 Å². The predicted molar refractivity (Wildman–Crippen MR) is 72.3 cm³/mol. The first-order valence-corrected chi connectivity index (χ1v) is 7.01. The highest BCUT2D eigenvalue weighted by atomic mass is 32.1. The highest BCUT2D eigenvalue weighted by Gasteiger charge is 2.29. The zero-order valence-corrected chi connectivity index (χ0v) is 12.0. The van der Waals surface area contributed by atoms with Gasteiger partial charge in [0.2, 0.25) is 5.91 Å². The lowest BCUT2D eigenvalue weighted by Crippen LogP contribution is -2.50. The number of thiazole rings is 1. The quantitative estimate of drug-likeness (QED) is 0.889. The third kappa shape index (κ3) is 3.30. The number of amides is 2. The molecular formula is C12H17N3O3S. The number of ether oxygens (including phenoxy) is 1. The Morgan fingerprint density at radius 2 is 2.26 bits per heavy atom. The van der Waals surface area contributed by atoms with Gasteiger partial charge in [0.05, 0.1) is 18.8 Å². The molecule has 2 atom stereocenters. The van der Waals surface area contributed by atoms with Crippen molar-refractivity contribution in [3.05, 3.63) is 11.1 Å². The van der Waals surface area contributed by atoms with Crippen LogP contribution < -0.4 is 5.32 Å². The lowest BCUT2D eigenvalue weighted by atomic mass is 10.2. The van der Waals surface area contributed by atoms with Crippen molar-refractivity contribution in [2.45, 2.75) is 32.9 Å². The number of nitrogens with one attached hydrogen (secondary N) is 1. The highest BCUT2D eigenvalue weighted by Crippen LogP contribution is 2.19. The summed E-state index contributed by atoms with van der Waals surface area (Å²) < 4.78 is 5.50. The largest absolute Gasteiger partial charge is 0.375 e. The molecule has 1 fully saturated rings. The van der Waals surface area contributed by atoms with E-state index in [0.29, 0.717) is 24.0 Å². The SMILES string of the molecule is CC(=O)Nc1nc(C(=O)N2C[C@H](C)OC[C@@H]2C)cs1. The van der Waals surface area contributed by atoms with Crippen LogP contribution in [-0.2, 0) is 9.53 Å². The van der Waals surface area contributed by atoms with E-state index in [9.17, 15) is 9.59 Å². The summed E-state index contributed by atoms with van der Waals surface area (Å²) in [5.41, 5.74) is 0.370. The molecule has 1 aliphatic heterocycles. The minimum Gasteiger partial charge on any atom is -0.375 e. The van der Waals surface area contributed by atoms with E-state index in [1.165, 1.54) is 18.3 Å². The second-order valence-electron chi connectivity index (χ2n) is 4.67. The number of hydrogen-bond donors (Lipinski definition) is 1. The standard InChI is InChI=1S/C12H17N3O3S/c1-7-5-18-8(2)4-15(7)11(17)10-6-19-12(14-10)13-9(3)16/h6-8H,4-5H2,1-3H3,(H,13,14,16)/t7-,8-/m0/s1. The van der Waals surface area contributed by atoms with Crippen LogP contribution >= 0.6 is 11.3 Å². The van der Waals surface area contributed by atoms with Gasteiger partial charge in [0.25, 0.3) is 5.91 Å². The van der Waals surface area contributed by atoms with Crippen molar-refractivity contribution in [3.8, 4) is 0 Å². The number of anilines is 1. The summed E-state index contributed by atoms with van der Waals surface area (Å²) in [7, 11) is 0. The summed E-state index contributed by atoms with van der Waals surface area (Å²) in [4.78, 5) is 29.2. The van der Waals surface area contributed by atoms with Gasteiger partial charge in [-0.05, 0) is 13.8 Å². The van der Waals surface area contributed by atoms with Crippen molar-refractivity contribution in [3.63, 3.8) is 0 Å². The summed E-state index contributed by atoms with van der Waals surface area (Å²) in [6.07, 6.45) is 0.0357. The number of hydrogen-bond acceptors (Lipinski definition) is 5. The van der Waals surface area contributed by atoms with Gasteiger partial charge in [0.1, 0.15) is 5.69 Å². The molecule has 0 unspecified atom stereocenters. The van der Waals surface area contributed by atoms with E-state index < -0.39 is 0 Å². The van der Waals surface area contributed by atoms with Gasteiger partial charge in [-0.25, -0.2) is 4.98 Å². The summed E-state index contributed by atoms with van der Waals surface area (Å²) in [6.45, 7) is 6.40. The molecule has 1 saturated heterocycles. The summed E-state index contributed by atoms with van der Waals surface area (Å²) in [6, 6.07) is 0.0367. The fourth-order valence-electron chi connectivity index (χ4n) is 1.91. The molecular weight excluding hydrogens is 266 g/mol. The van der Waals surface area contributed by atoms with E-state index in [1.54, 1.807) is 10.3 Å². The summed E-state index contributed by atoms with van der Waals surface area (Å²) >= 11 is 1.25. The molecule has 1 aliphatic rings. The Morgan fingerprint density at radius 3 is 2.95 bits per heavy atom. The Balaban J connectivity index is 2.10. The number of carbonyl (C=O) groups excluding carboxylic acids is 2. The first kappa shape index (κ1) is 14.0. The maximum Gasteiger partial charge on any atom is 0.273 e. The fraction of sp³-hybridized carbons (Fsp3) is 0.583. The van der Waals surface area contributed by atoms with E-state index >= 15 is 0 Å². The molecule has 0 radical (unpaired) electrons. The van der Waals surface area contributed by atoms with Gasteiger partial charge in [-0.2, -0.15) is 0 Å². The molecule has 0 bridgehead atoms. The molecule has 2 amide bonds. The van der Waals surface area contributed by atoms with E-state index in [1.807, 2.05) is 13.8 Å². The van der Waals surface area contributed by atoms with Crippen LogP contribution in [0.3, 0.4) is 0 Å². The lowest BCUT2D eigenvalue weighted by Gasteiger charge is -2.36. The Kier molecular flexibility index (Phi) is 4.16. The van der Waals surface area contributed by atoms with Crippen molar-refractivity contribution in [1.82, 2.24) is 9.88 Å². The van der Waals surface area contributed by atoms with E-state index in [2.05, 4.69) is 10.3 Å². The maximum absolute atomic E-state index is 12.4. The molecule has 6 nitrogen and oxygen atoms in total. The van der Waals surface area contributed by atoms with Crippen LogP contribution in [0, 0.1) is 0 Å². The van der Waals surface area contributed by atoms with Gasteiger partial charge in [0, 0.05) is 18.8 Å². The second-order valence-corrected chi connectivity index (χ2v) is 5.53. The monoisotopic (exact) mass is 283 g/mol. The average Bonchev–Trinajstić information content (AvgIpc) is 2.79. The molecule has 0 aliphatic carbocycles. The third-order valence-electron chi connectivity index (χ3n) is 2.87. The van der Waals surface area contributed by atoms with Crippen molar-refractivity contribution in [2.24, 2.45) is 0 Å². The van der Waals surface area contributed by atoms with E-state index in [-0.39, 0.29) is 24.0 Å². The minimum atomic E-state index is -0.193. The highest BCUT2D eigenvalue weighted by molar-refractivity contribution is 7.14. The van der Waals surface area contributed by atoms with E-state index in [0.717, 1.165) is 0 Å². The number of aromatic nitrogens is 1. The van der Waals surface area contributed by atoms with Crippen LogP contribution in [0.25, 0.3) is 0 Å². The number of nitrogens with zero attached hydrogens (tertiary/aromatic N) is 2. The second kappa shape index (κ2) is 5.66. The molecule has 1 N–H and O–H groups in total. The Morgan fingerprint density at radius 1 is 1.53 bits per heavy atom. The Bertz CT molecular complexity index is 488. The summed E-state index contributed by atoms with van der Waals surface area (Å²) in [5.74, 6) is -0.308. The van der Waals surface area contributed by atoms with Gasteiger partial charge in [0.15, 0.2) is 5.13 Å². The normalized spacial score (nSPS) is 23.2. The van der Waals surface area contributed by atoms with Crippen LogP contribution in [0.2, 0.25) is 0 Å².